The zero-order chi connectivity index (χ0) is 23.5. The standard InChI is InChI=1S/C26H22N6O2S/c1-14-10-29-24-25(33)23(21-9-17-8-20(16-6-7-34-13-16)28-12-22(17)35-21)31-32(26(24)30-14)18-4-5-19(27-11-18)15-2-3-15/h4-5,8-12,15-16H,2-3,6-7,13H2,1H3/t16-/m1/s1. The van der Waals surface area contributed by atoms with Crippen molar-refractivity contribution in [1.29, 1.82) is 0 Å². The van der Waals surface area contributed by atoms with E-state index in [1.54, 1.807) is 10.9 Å². The van der Waals surface area contributed by atoms with Crippen molar-refractivity contribution >= 4 is 32.6 Å². The second-order valence-electron chi connectivity index (χ2n) is 9.31. The van der Waals surface area contributed by atoms with Gasteiger partial charge in [0.05, 0.1) is 33.8 Å². The molecule has 0 N–H and O–H groups in total. The van der Waals surface area contributed by atoms with Crippen molar-refractivity contribution in [1.82, 2.24) is 29.7 Å². The molecule has 1 saturated carbocycles. The molecule has 1 aliphatic heterocycles. The summed E-state index contributed by atoms with van der Waals surface area (Å²) in [5.41, 5.74) is 4.47. The van der Waals surface area contributed by atoms with E-state index in [0.717, 1.165) is 50.8 Å². The van der Waals surface area contributed by atoms with Crippen molar-refractivity contribution < 1.29 is 4.74 Å². The third-order valence-corrected chi connectivity index (χ3v) is 7.82. The van der Waals surface area contributed by atoms with Gasteiger partial charge in [-0.15, -0.1) is 11.3 Å². The molecule has 6 heterocycles. The minimum atomic E-state index is -0.227. The third-order valence-electron chi connectivity index (χ3n) is 6.72. The van der Waals surface area contributed by atoms with E-state index >= 15 is 0 Å². The van der Waals surface area contributed by atoms with Crippen molar-refractivity contribution in [3.05, 3.63) is 70.2 Å². The summed E-state index contributed by atoms with van der Waals surface area (Å²) in [6.07, 6.45) is 8.69. The first-order valence-corrected chi connectivity index (χ1v) is 12.7. The molecule has 2 aliphatic rings. The first-order valence-electron chi connectivity index (χ1n) is 11.8. The molecule has 5 aromatic heterocycles. The SMILES string of the molecule is Cc1cnc2c(=O)c(-c3cc4cc([C@@H]5CCOC5)ncc4s3)nn(-c3ccc(C4CC4)nc3)c2n1. The van der Waals surface area contributed by atoms with Gasteiger partial charge in [0.15, 0.2) is 16.9 Å². The molecular formula is C26H22N6O2S. The number of ether oxygens (including phenoxy) is 1. The number of pyridine rings is 2. The molecule has 0 unspecified atom stereocenters. The highest BCUT2D eigenvalue weighted by molar-refractivity contribution is 7.22. The molecule has 7 rings (SSSR count). The summed E-state index contributed by atoms with van der Waals surface area (Å²) < 4.78 is 8.24. The summed E-state index contributed by atoms with van der Waals surface area (Å²) in [4.78, 5) is 32.7. The lowest BCUT2D eigenvalue weighted by atomic mass is 10.0. The number of aromatic nitrogens is 6. The van der Waals surface area contributed by atoms with Gasteiger partial charge < -0.3 is 4.74 Å². The average Bonchev–Trinajstić information content (AvgIpc) is 3.41. The Balaban J connectivity index is 1.39. The van der Waals surface area contributed by atoms with Gasteiger partial charge in [-0.1, -0.05) is 0 Å². The van der Waals surface area contributed by atoms with E-state index in [0.29, 0.717) is 35.3 Å². The number of hydrogen-bond donors (Lipinski definition) is 0. The maximum absolute atomic E-state index is 13.5. The normalized spacial score (nSPS) is 18.0. The van der Waals surface area contributed by atoms with Crippen LogP contribution < -0.4 is 5.43 Å². The van der Waals surface area contributed by atoms with Gasteiger partial charge in [-0.05, 0) is 55.8 Å². The topological polar surface area (TPSA) is 95.7 Å². The summed E-state index contributed by atoms with van der Waals surface area (Å²) >= 11 is 1.51. The van der Waals surface area contributed by atoms with Gasteiger partial charge in [0.2, 0.25) is 5.43 Å². The number of aryl methyl sites for hydroxylation is 1. The van der Waals surface area contributed by atoms with Crippen LogP contribution in [0.2, 0.25) is 0 Å². The summed E-state index contributed by atoms with van der Waals surface area (Å²) in [5, 5.41) is 5.85. The second kappa shape index (κ2) is 8.00. The van der Waals surface area contributed by atoms with Crippen LogP contribution in [0.25, 0.3) is 37.5 Å². The first-order chi connectivity index (χ1) is 17.1. The van der Waals surface area contributed by atoms with Crippen LogP contribution in [0.3, 0.4) is 0 Å². The molecule has 0 aromatic carbocycles. The smallest absolute Gasteiger partial charge is 0.236 e. The molecule has 9 heteroatoms. The van der Waals surface area contributed by atoms with E-state index in [4.69, 9.17) is 9.84 Å². The fourth-order valence-corrected chi connectivity index (χ4v) is 5.63. The lowest BCUT2D eigenvalue weighted by molar-refractivity contribution is 0.193. The maximum Gasteiger partial charge on any atom is 0.236 e. The predicted octanol–water partition coefficient (Wildman–Crippen LogP) is 4.54. The Bertz CT molecular complexity index is 1650. The summed E-state index contributed by atoms with van der Waals surface area (Å²) in [6.45, 7) is 3.34. The van der Waals surface area contributed by atoms with Crippen molar-refractivity contribution in [3.63, 3.8) is 0 Å². The second-order valence-corrected chi connectivity index (χ2v) is 10.4. The Morgan fingerprint density at radius 2 is 1.89 bits per heavy atom. The van der Waals surface area contributed by atoms with Crippen LogP contribution in [-0.4, -0.2) is 42.9 Å². The quantitative estimate of drug-likeness (QED) is 0.371. The first kappa shape index (κ1) is 20.8. The molecule has 0 bridgehead atoms. The molecule has 0 amide bonds. The Kier molecular flexibility index (Phi) is 4.75. The minimum Gasteiger partial charge on any atom is -0.381 e. The van der Waals surface area contributed by atoms with E-state index in [1.807, 2.05) is 37.5 Å². The van der Waals surface area contributed by atoms with Crippen molar-refractivity contribution in [2.24, 2.45) is 0 Å². The summed E-state index contributed by atoms with van der Waals surface area (Å²) in [6, 6.07) is 8.17. The highest BCUT2D eigenvalue weighted by Gasteiger charge is 2.25. The Morgan fingerprint density at radius 3 is 2.66 bits per heavy atom. The summed E-state index contributed by atoms with van der Waals surface area (Å²) in [5.74, 6) is 0.886. The van der Waals surface area contributed by atoms with Gasteiger partial charge in [0, 0.05) is 42.2 Å². The van der Waals surface area contributed by atoms with Gasteiger partial charge in [0.1, 0.15) is 0 Å². The van der Waals surface area contributed by atoms with Gasteiger partial charge in [-0.25, -0.2) is 14.6 Å². The highest BCUT2D eigenvalue weighted by atomic mass is 32.1. The van der Waals surface area contributed by atoms with Gasteiger partial charge in [-0.3, -0.25) is 14.8 Å². The molecule has 8 nitrogen and oxygen atoms in total. The number of thiophene rings is 1. The average molecular weight is 483 g/mol. The van der Waals surface area contributed by atoms with Crippen LogP contribution in [0.4, 0.5) is 0 Å². The van der Waals surface area contributed by atoms with E-state index in [-0.39, 0.29) is 5.43 Å². The molecule has 35 heavy (non-hydrogen) atoms. The Labute approximate surface area is 204 Å². The molecule has 2 fully saturated rings. The number of nitrogens with zero attached hydrogens (tertiary/aromatic N) is 6. The Hall–Kier alpha value is -3.56. The van der Waals surface area contributed by atoms with Crippen LogP contribution in [-0.2, 0) is 4.74 Å². The fourth-order valence-electron chi connectivity index (χ4n) is 4.63. The number of rotatable bonds is 4. The molecule has 174 valence electrons. The van der Waals surface area contributed by atoms with Crippen molar-refractivity contribution in [2.45, 2.75) is 38.0 Å². The monoisotopic (exact) mass is 482 g/mol. The molecule has 0 radical (unpaired) electrons. The van der Waals surface area contributed by atoms with Gasteiger partial charge in [-0.2, -0.15) is 5.10 Å². The van der Waals surface area contributed by atoms with Crippen molar-refractivity contribution in [3.8, 4) is 16.3 Å². The zero-order valence-electron chi connectivity index (χ0n) is 19.1. The lowest BCUT2D eigenvalue weighted by Gasteiger charge is -2.11. The maximum atomic E-state index is 13.5. The molecular weight excluding hydrogens is 460 g/mol. The van der Waals surface area contributed by atoms with Crippen molar-refractivity contribution in [2.75, 3.05) is 13.2 Å². The molecule has 1 aliphatic carbocycles. The number of hydrogen-bond acceptors (Lipinski definition) is 8. The largest absolute Gasteiger partial charge is 0.381 e. The van der Waals surface area contributed by atoms with E-state index in [1.165, 1.54) is 24.2 Å². The van der Waals surface area contributed by atoms with Crippen LogP contribution in [0.5, 0.6) is 0 Å². The van der Waals surface area contributed by atoms with Crippen LogP contribution in [0, 0.1) is 6.92 Å². The zero-order valence-corrected chi connectivity index (χ0v) is 20.0. The molecule has 1 saturated heterocycles. The summed E-state index contributed by atoms with van der Waals surface area (Å²) in [7, 11) is 0. The lowest BCUT2D eigenvalue weighted by Crippen LogP contribution is -2.18. The molecule has 1 atom stereocenters. The molecule has 5 aromatic rings. The predicted molar refractivity (Wildman–Crippen MR) is 134 cm³/mol. The fraction of sp³-hybridized carbons (Fsp3) is 0.308. The highest BCUT2D eigenvalue weighted by Crippen LogP contribution is 2.39. The Morgan fingerprint density at radius 1 is 1.00 bits per heavy atom. The molecule has 0 spiro atoms. The van der Waals surface area contributed by atoms with Crippen LogP contribution in [0.15, 0.2) is 47.7 Å². The minimum absolute atomic E-state index is 0.227. The number of fused-ring (bicyclic) bond motifs is 2. The van der Waals surface area contributed by atoms with E-state index in [9.17, 15) is 4.79 Å². The van der Waals surface area contributed by atoms with Gasteiger partial charge in [0.25, 0.3) is 0 Å². The van der Waals surface area contributed by atoms with Crippen LogP contribution >= 0.6 is 11.3 Å². The third kappa shape index (κ3) is 3.62. The van der Waals surface area contributed by atoms with E-state index in [2.05, 4.69) is 26.0 Å². The van der Waals surface area contributed by atoms with E-state index < -0.39 is 0 Å². The van der Waals surface area contributed by atoms with Gasteiger partial charge >= 0.3 is 0 Å². The van der Waals surface area contributed by atoms with Crippen LogP contribution in [0.1, 0.15) is 48.2 Å².